The Labute approximate surface area is 257 Å². The standard InChI is InChI=1S/C41H30N2O/c1-3-10-30(11-4-1)31-16-20-34(21-17-31)43(36-26-24-33(25-27-36)42-28-7-2-8-29-42)35-22-18-32(19-23-35)37-13-9-14-39-38-12-5-6-15-40(38)44-41(37)39/h1-28H,29H2. The molecule has 3 nitrogen and oxygen atoms in total. The van der Waals surface area contributed by atoms with Crippen LogP contribution in [0.4, 0.5) is 22.7 Å². The van der Waals surface area contributed by atoms with Crippen molar-refractivity contribution in [3.05, 3.63) is 170 Å². The van der Waals surface area contributed by atoms with Gasteiger partial charge in [-0.2, -0.15) is 0 Å². The van der Waals surface area contributed by atoms with Crippen LogP contribution in [0.5, 0.6) is 0 Å². The molecular weight excluding hydrogens is 536 g/mol. The van der Waals surface area contributed by atoms with Crippen molar-refractivity contribution in [2.75, 3.05) is 16.3 Å². The Morgan fingerprint density at radius 3 is 1.82 bits per heavy atom. The van der Waals surface area contributed by atoms with Gasteiger partial charge in [-0.15, -0.1) is 0 Å². The number of hydrogen-bond acceptors (Lipinski definition) is 3. The average molecular weight is 567 g/mol. The Morgan fingerprint density at radius 1 is 0.500 bits per heavy atom. The summed E-state index contributed by atoms with van der Waals surface area (Å²) < 4.78 is 6.34. The van der Waals surface area contributed by atoms with Crippen LogP contribution >= 0.6 is 0 Å². The monoisotopic (exact) mass is 566 g/mol. The Morgan fingerprint density at radius 2 is 1.11 bits per heavy atom. The third-order valence-corrected chi connectivity index (χ3v) is 8.33. The van der Waals surface area contributed by atoms with Crippen LogP contribution in [-0.4, -0.2) is 6.54 Å². The molecule has 0 fully saturated rings. The van der Waals surface area contributed by atoms with Gasteiger partial charge in [0.1, 0.15) is 11.2 Å². The van der Waals surface area contributed by atoms with Gasteiger partial charge < -0.3 is 14.2 Å². The first-order chi connectivity index (χ1) is 21.8. The first-order valence-corrected chi connectivity index (χ1v) is 15.0. The predicted molar refractivity (Wildman–Crippen MR) is 185 cm³/mol. The van der Waals surface area contributed by atoms with E-state index in [9.17, 15) is 0 Å². The van der Waals surface area contributed by atoms with Gasteiger partial charge >= 0.3 is 0 Å². The number of furan rings is 1. The highest BCUT2D eigenvalue weighted by Crippen LogP contribution is 2.39. The van der Waals surface area contributed by atoms with E-state index in [-0.39, 0.29) is 0 Å². The average Bonchev–Trinajstić information content (AvgIpc) is 3.49. The van der Waals surface area contributed by atoms with Crippen molar-refractivity contribution < 1.29 is 4.42 Å². The van der Waals surface area contributed by atoms with Crippen molar-refractivity contribution in [3.8, 4) is 22.3 Å². The maximum atomic E-state index is 6.34. The van der Waals surface area contributed by atoms with Gasteiger partial charge in [0, 0.05) is 51.8 Å². The summed E-state index contributed by atoms with van der Waals surface area (Å²) in [6, 6.07) is 51.6. The Kier molecular flexibility index (Phi) is 6.54. The highest BCUT2D eigenvalue weighted by molar-refractivity contribution is 6.09. The minimum atomic E-state index is 0.875. The van der Waals surface area contributed by atoms with E-state index < -0.39 is 0 Å². The molecule has 44 heavy (non-hydrogen) atoms. The molecule has 1 aliphatic rings. The molecule has 7 aromatic rings. The maximum absolute atomic E-state index is 6.34. The van der Waals surface area contributed by atoms with Gasteiger partial charge in [0.15, 0.2) is 0 Å². The molecule has 0 saturated heterocycles. The second-order valence-corrected chi connectivity index (χ2v) is 11.0. The van der Waals surface area contributed by atoms with Crippen molar-refractivity contribution in [1.29, 1.82) is 0 Å². The minimum absolute atomic E-state index is 0.875. The number of nitrogens with zero attached hydrogens (tertiary/aromatic N) is 2. The number of fused-ring (bicyclic) bond motifs is 3. The zero-order valence-corrected chi connectivity index (χ0v) is 24.2. The molecule has 0 bridgehead atoms. The number of anilines is 4. The summed E-state index contributed by atoms with van der Waals surface area (Å²) >= 11 is 0. The van der Waals surface area contributed by atoms with Crippen molar-refractivity contribution in [1.82, 2.24) is 0 Å². The lowest BCUT2D eigenvalue weighted by molar-refractivity contribution is 0.670. The quantitative estimate of drug-likeness (QED) is 0.200. The van der Waals surface area contributed by atoms with Crippen LogP contribution in [0.3, 0.4) is 0 Å². The molecule has 0 amide bonds. The lowest BCUT2D eigenvalue weighted by Gasteiger charge is -2.27. The molecule has 0 atom stereocenters. The molecule has 0 N–H and O–H groups in total. The van der Waals surface area contributed by atoms with Crippen molar-refractivity contribution in [2.24, 2.45) is 0 Å². The molecule has 210 valence electrons. The number of allylic oxidation sites excluding steroid dienone is 2. The van der Waals surface area contributed by atoms with Gasteiger partial charge in [0.2, 0.25) is 0 Å². The number of benzene rings is 6. The number of hydrogen-bond donors (Lipinski definition) is 0. The van der Waals surface area contributed by atoms with Crippen molar-refractivity contribution in [3.63, 3.8) is 0 Å². The lowest BCUT2D eigenvalue weighted by atomic mass is 10.0. The van der Waals surface area contributed by atoms with Crippen LogP contribution in [-0.2, 0) is 0 Å². The molecular formula is C41H30N2O. The van der Waals surface area contributed by atoms with Crippen LogP contribution in [0.25, 0.3) is 44.2 Å². The SMILES string of the molecule is C1=CCN(c2ccc(N(c3ccc(-c4ccccc4)cc3)c3ccc(-c4cccc5c4oc4ccccc45)cc3)cc2)C=C1. The maximum Gasteiger partial charge on any atom is 0.143 e. The predicted octanol–water partition coefficient (Wildman–Crippen LogP) is 11.3. The van der Waals surface area contributed by atoms with Gasteiger partial charge in [-0.25, -0.2) is 0 Å². The molecule has 0 saturated carbocycles. The van der Waals surface area contributed by atoms with Crippen LogP contribution in [0.15, 0.2) is 174 Å². The highest BCUT2D eigenvalue weighted by Gasteiger charge is 2.16. The molecule has 0 unspecified atom stereocenters. The highest BCUT2D eigenvalue weighted by atomic mass is 16.3. The summed E-state index contributed by atoms with van der Waals surface area (Å²) in [7, 11) is 0. The third-order valence-electron chi connectivity index (χ3n) is 8.33. The minimum Gasteiger partial charge on any atom is -0.455 e. The van der Waals surface area contributed by atoms with E-state index in [1.54, 1.807) is 0 Å². The van der Waals surface area contributed by atoms with Gasteiger partial charge in [0.05, 0.1) is 0 Å². The van der Waals surface area contributed by atoms with E-state index in [0.717, 1.165) is 56.7 Å². The topological polar surface area (TPSA) is 19.6 Å². The summed E-state index contributed by atoms with van der Waals surface area (Å²) in [5.41, 5.74) is 10.9. The number of para-hydroxylation sites is 2. The first kappa shape index (κ1) is 25.9. The van der Waals surface area contributed by atoms with E-state index in [4.69, 9.17) is 4.42 Å². The fourth-order valence-corrected chi connectivity index (χ4v) is 6.10. The van der Waals surface area contributed by atoms with Crippen LogP contribution in [0.2, 0.25) is 0 Å². The van der Waals surface area contributed by atoms with Crippen molar-refractivity contribution >= 4 is 44.7 Å². The fourth-order valence-electron chi connectivity index (χ4n) is 6.10. The summed E-state index contributed by atoms with van der Waals surface area (Å²) in [6.45, 7) is 0.875. The molecule has 6 aromatic carbocycles. The molecule has 1 aromatic heterocycles. The van der Waals surface area contributed by atoms with E-state index in [1.165, 1.54) is 16.8 Å². The van der Waals surface area contributed by atoms with Crippen molar-refractivity contribution in [2.45, 2.75) is 0 Å². The van der Waals surface area contributed by atoms with E-state index >= 15 is 0 Å². The van der Waals surface area contributed by atoms with E-state index in [0.29, 0.717) is 0 Å². The van der Waals surface area contributed by atoms with Gasteiger partial charge in [0.25, 0.3) is 0 Å². The smallest absolute Gasteiger partial charge is 0.143 e. The van der Waals surface area contributed by atoms with Crippen LogP contribution < -0.4 is 9.80 Å². The molecule has 2 heterocycles. The molecule has 0 spiro atoms. The van der Waals surface area contributed by atoms with Crippen LogP contribution in [0, 0.1) is 0 Å². The summed E-state index contributed by atoms with van der Waals surface area (Å²) in [5, 5.41) is 2.28. The second-order valence-electron chi connectivity index (χ2n) is 11.0. The lowest BCUT2D eigenvalue weighted by Crippen LogP contribution is -2.17. The van der Waals surface area contributed by atoms with Gasteiger partial charge in [-0.1, -0.05) is 103 Å². The fraction of sp³-hybridized carbons (Fsp3) is 0.0244. The van der Waals surface area contributed by atoms with Gasteiger partial charge in [-0.3, -0.25) is 0 Å². The molecule has 1 aliphatic heterocycles. The third kappa shape index (κ3) is 4.75. The number of rotatable bonds is 6. The molecule has 0 radical (unpaired) electrons. The first-order valence-electron chi connectivity index (χ1n) is 15.0. The summed E-state index contributed by atoms with van der Waals surface area (Å²) in [4.78, 5) is 4.56. The Hall–Kier alpha value is -5.80. The zero-order chi connectivity index (χ0) is 29.3. The zero-order valence-electron chi connectivity index (χ0n) is 24.2. The largest absolute Gasteiger partial charge is 0.455 e. The Bertz CT molecular complexity index is 2120. The van der Waals surface area contributed by atoms with Gasteiger partial charge in [-0.05, 0) is 77.4 Å². The van der Waals surface area contributed by atoms with E-state index in [1.807, 2.05) is 12.1 Å². The summed E-state index contributed by atoms with van der Waals surface area (Å²) in [5.74, 6) is 0. The van der Waals surface area contributed by atoms with Crippen LogP contribution in [0.1, 0.15) is 0 Å². The molecule has 3 heteroatoms. The molecule has 0 aliphatic carbocycles. The summed E-state index contributed by atoms with van der Waals surface area (Å²) in [6.07, 6.45) is 8.45. The second kappa shape index (κ2) is 11.1. The molecule has 8 rings (SSSR count). The normalized spacial score (nSPS) is 12.7. The van der Waals surface area contributed by atoms with E-state index in [2.05, 4.69) is 168 Å². The Balaban J connectivity index is 1.18.